The van der Waals surface area contributed by atoms with Gasteiger partial charge in [0.2, 0.25) is 5.91 Å². The van der Waals surface area contributed by atoms with Gasteiger partial charge in [-0.1, -0.05) is 42.5 Å². The first-order chi connectivity index (χ1) is 13.1. The van der Waals surface area contributed by atoms with Crippen molar-refractivity contribution in [3.05, 3.63) is 71.3 Å². The van der Waals surface area contributed by atoms with Crippen molar-refractivity contribution in [3.8, 4) is 0 Å². The molecule has 0 heterocycles. The molecular weight excluding hydrogens is 369 g/mol. The van der Waals surface area contributed by atoms with E-state index in [9.17, 15) is 22.8 Å². The molecule has 0 aliphatic heterocycles. The van der Waals surface area contributed by atoms with E-state index in [1.54, 1.807) is 11.9 Å². The van der Waals surface area contributed by atoms with Crippen LogP contribution in [0.1, 0.15) is 23.6 Å². The Kier molecular flexibility index (Phi) is 7.34. The Morgan fingerprint density at radius 1 is 1.00 bits per heavy atom. The van der Waals surface area contributed by atoms with Gasteiger partial charge in [-0.25, -0.2) is 0 Å². The highest BCUT2D eigenvalue weighted by atomic mass is 19.4. The van der Waals surface area contributed by atoms with Gasteiger partial charge in [0.15, 0.2) is 5.78 Å². The third kappa shape index (κ3) is 6.81. The fourth-order valence-corrected chi connectivity index (χ4v) is 2.80. The normalized spacial score (nSPS) is 12.6. The summed E-state index contributed by atoms with van der Waals surface area (Å²) in [7, 11) is 1.69. The zero-order chi connectivity index (χ0) is 20.7. The van der Waals surface area contributed by atoms with Crippen molar-refractivity contribution in [2.45, 2.75) is 32.1 Å². The van der Waals surface area contributed by atoms with E-state index in [2.05, 4.69) is 5.32 Å². The van der Waals surface area contributed by atoms with Crippen molar-refractivity contribution in [2.24, 2.45) is 0 Å². The van der Waals surface area contributed by atoms with Gasteiger partial charge in [0, 0.05) is 6.54 Å². The standard InChI is InChI=1S/C21H23F3N2O2/c1-15(27)19(12-16-6-4-3-5-7-16)25-20(28)14-26(2)13-17-8-10-18(11-9-17)21(22,23)24/h3-11,19H,12-14H2,1-2H3,(H,25,28). The van der Waals surface area contributed by atoms with Crippen LogP contribution < -0.4 is 5.32 Å². The summed E-state index contributed by atoms with van der Waals surface area (Å²) >= 11 is 0. The highest BCUT2D eigenvalue weighted by Gasteiger charge is 2.30. The second kappa shape index (κ2) is 9.50. The van der Waals surface area contributed by atoms with E-state index in [1.165, 1.54) is 19.1 Å². The summed E-state index contributed by atoms with van der Waals surface area (Å²) < 4.78 is 37.8. The van der Waals surface area contributed by atoms with E-state index >= 15 is 0 Å². The molecule has 1 unspecified atom stereocenters. The second-order valence-electron chi connectivity index (χ2n) is 6.79. The predicted octanol–water partition coefficient (Wildman–Crippen LogP) is 3.45. The number of halogens is 3. The van der Waals surface area contributed by atoms with E-state index in [0.717, 1.165) is 17.7 Å². The molecule has 0 bridgehead atoms. The Balaban J connectivity index is 1.89. The quantitative estimate of drug-likeness (QED) is 0.749. The van der Waals surface area contributed by atoms with Crippen molar-refractivity contribution in [1.82, 2.24) is 10.2 Å². The molecule has 0 saturated heterocycles. The van der Waals surface area contributed by atoms with Crippen molar-refractivity contribution in [1.29, 1.82) is 0 Å². The van der Waals surface area contributed by atoms with Gasteiger partial charge in [0.1, 0.15) is 0 Å². The van der Waals surface area contributed by atoms with Crippen LogP contribution >= 0.6 is 0 Å². The lowest BCUT2D eigenvalue weighted by atomic mass is 10.0. The molecule has 0 aliphatic rings. The van der Waals surface area contributed by atoms with Gasteiger partial charge < -0.3 is 5.32 Å². The predicted molar refractivity (Wildman–Crippen MR) is 101 cm³/mol. The van der Waals surface area contributed by atoms with E-state index in [-0.39, 0.29) is 18.2 Å². The van der Waals surface area contributed by atoms with Crippen molar-refractivity contribution < 1.29 is 22.8 Å². The molecule has 0 saturated carbocycles. The monoisotopic (exact) mass is 392 g/mol. The summed E-state index contributed by atoms with van der Waals surface area (Å²) in [6.07, 6.45) is -3.96. The summed E-state index contributed by atoms with van der Waals surface area (Å²) in [5.74, 6) is -0.451. The Morgan fingerprint density at radius 3 is 2.14 bits per heavy atom. The number of likely N-dealkylation sites (N-methyl/N-ethyl adjacent to an activating group) is 1. The van der Waals surface area contributed by atoms with Gasteiger partial charge in [-0.05, 0) is 43.7 Å². The average molecular weight is 392 g/mol. The van der Waals surface area contributed by atoms with E-state index in [1.807, 2.05) is 30.3 Å². The van der Waals surface area contributed by atoms with Crippen LogP contribution in [0.15, 0.2) is 54.6 Å². The summed E-state index contributed by atoms with van der Waals surface area (Å²) in [6, 6.07) is 13.6. The van der Waals surface area contributed by atoms with E-state index in [0.29, 0.717) is 18.5 Å². The fraction of sp³-hybridized carbons (Fsp3) is 0.333. The number of Topliss-reactive ketones (excluding diaryl/α,β-unsaturated/α-hetero) is 1. The van der Waals surface area contributed by atoms with Crippen LogP contribution in [0.3, 0.4) is 0 Å². The maximum Gasteiger partial charge on any atom is 0.416 e. The molecule has 0 radical (unpaired) electrons. The number of benzene rings is 2. The van der Waals surface area contributed by atoms with Gasteiger partial charge in [-0.15, -0.1) is 0 Å². The van der Waals surface area contributed by atoms with Crippen LogP contribution in [-0.2, 0) is 28.7 Å². The number of amides is 1. The average Bonchev–Trinajstić information content (AvgIpc) is 2.61. The molecule has 1 N–H and O–H groups in total. The minimum atomic E-state index is -4.37. The van der Waals surface area contributed by atoms with Gasteiger partial charge in [0.05, 0.1) is 18.2 Å². The summed E-state index contributed by atoms with van der Waals surface area (Å²) in [4.78, 5) is 25.8. The maximum absolute atomic E-state index is 12.6. The third-order valence-corrected chi connectivity index (χ3v) is 4.26. The molecule has 28 heavy (non-hydrogen) atoms. The molecule has 1 amide bonds. The van der Waals surface area contributed by atoms with E-state index < -0.39 is 17.8 Å². The molecule has 150 valence electrons. The van der Waals surface area contributed by atoms with Gasteiger partial charge in [-0.2, -0.15) is 13.2 Å². The van der Waals surface area contributed by atoms with Crippen LogP contribution in [-0.4, -0.2) is 36.2 Å². The summed E-state index contributed by atoms with van der Waals surface area (Å²) in [5, 5.41) is 2.73. The summed E-state index contributed by atoms with van der Waals surface area (Å²) in [5.41, 5.74) is 0.902. The third-order valence-electron chi connectivity index (χ3n) is 4.26. The minimum Gasteiger partial charge on any atom is -0.345 e. The smallest absolute Gasteiger partial charge is 0.345 e. The van der Waals surface area contributed by atoms with Crippen LogP contribution in [0.5, 0.6) is 0 Å². The first kappa shape index (κ1) is 21.6. The SMILES string of the molecule is CC(=O)C(Cc1ccccc1)NC(=O)CN(C)Cc1ccc(C(F)(F)F)cc1. The van der Waals surface area contributed by atoms with Gasteiger partial charge >= 0.3 is 6.18 Å². The maximum atomic E-state index is 12.6. The minimum absolute atomic E-state index is 0.0274. The highest BCUT2D eigenvalue weighted by molar-refractivity contribution is 5.88. The molecule has 1 atom stereocenters. The van der Waals surface area contributed by atoms with Crippen molar-refractivity contribution in [3.63, 3.8) is 0 Å². The van der Waals surface area contributed by atoms with Crippen molar-refractivity contribution >= 4 is 11.7 Å². The van der Waals surface area contributed by atoms with Crippen LogP contribution in [0, 0.1) is 0 Å². The molecule has 4 nitrogen and oxygen atoms in total. The molecule has 0 spiro atoms. The van der Waals surface area contributed by atoms with Crippen molar-refractivity contribution in [2.75, 3.05) is 13.6 Å². The number of nitrogens with one attached hydrogen (secondary N) is 1. The Labute approximate surface area is 162 Å². The number of ketones is 1. The zero-order valence-corrected chi connectivity index (χ0v) is 15.8. The Bertz CT molecular complexity index is 790. The molecule has 0 fully saturated rings. The fourth-order valence-electron chi connectivity index (χ4n) is 2.80. The van der Waals surface area contributed by atoms with Gasteiger partial charge in [-0.3, -0.25) is 14.5 Å². The van der Waals surface area contributed by atoms with Crippen LogP contribution in [0.4, 0.5) is 13.2 Å². The number of nitrogens with zero attached hydrogens (tertiary/aromatic N) is 1. The largest absolute Gasteiger partial charge is 0.416 e. The first-order valence-electron chi connectivity index (χ1n) is 8.83. The van der Waals surface area contributed by atoms with Gasteiger partial charge in [0.25, 0.3) is 0 Å². The molecule has 0 aromatic heterocycles. The molecule has 0 aliphatic carbocycles. The number of hydrogen-bond acceptors (Lipinski definition) is 3. The second-order valence-corrected chi connectivity index (χ2v) is 6.79. The van der Waals surface area contributed by atoms with E-state index in [4.69, 9.17) is 0 Å². The lowest BCUT2D eigenvalue weighted by Gasteiger charge is -2.20. The summed E-state index contributed by atoms with van der Waals surface area (Å²) in [6.45, 7) is 1.77. The number of rotatable bonds is 8. The lowest BCUT2D eigenvalue weighted by Crippen LogP contribution is -2.45. The Morgan fingerprint density at radius 2 is 1.61 bits per heavy atom. The Hall–Kier alpha value is -2.67. The number of hydrogen-bond donors (Lipinski definition) is 1. The number of carbonyl (C=O) groups is 2. The number of alkyl halides is 3. The van der Waals surface area contributed by atoms with Crippen LogP contribution in [0.25, 0.3) is 0 Å². The molecule has 2 aromatic carbocycles. The molecule has 7 heteroatoms. The molecule has 2 rings (SSSR count). The first-order valence-corrected chi connectivity index (χ1v) is 8.83. The molecule has 2 aromatic rings. The molecular formula is C21H23F3N2O2. The highest BCUT2D eigenvalue weighted by Crippen LogP contribution is 2.29. The topological polar surface area (TPSA) is 49.4 Å². The number of carbonyl (C=O) groups excluding carboxylic acids is 2. The lowest BCUT2D eigenvalue weighted by molar-refractivity contribution is -0.137. The van der Waals surface area contributed by atoms with Crippen LogP contribution in [0.2, 0.25) is 0 Å². The zero-order valence-electron chi connectivity index (χ0n) is 15.8.